The molecule has 1 aromatic carbocycles. The van der Waals surface area contributed by atoms with Gasteiger partial charge in [0.1, 0.15) is 0 Å². The molecule has 0 radical (unpaired) electrons. The summed E-state index contributed by atoms with van der Waals surface area (Å²) in [5, 5.41) is 12.9. The second kappa shape index (κ2) is 6.51. The highest BCUT2D eigenvalue weighted by molar-refractivity contribution is 5.15. The third-order valence-electron chi connectivity index (χ3n) is 3.73. The third kappa shape index (κ3) is 4.60. The van der Waals surface area contributed by atoms with Gasteiger partial charge in [0.2, 0.25) is 0 Å². The SMILES string of the molecule is CC1(C)CCC(CNC(CO)Cc2ccccc2)O1. The minimum absolute atomic E-state index is 0.0144. The van der Waals surface area contributed by atoms with Crippen molar-refractivity contribution in [3.63, 3.8) is 0 Å². The Morgan fingerprint density at radius 2 is 2.11 bits per heavy atom. The molecule has 106 valence electrons. The van der Waals surface area contributed by atoms with E-state index in [0.29, 0.717) is 0 Å². The highest BCUT2D eigenvalue weighted by atomic mass is 16.5. The minimum Gasteiger partial charge on any atom is -0.395 e. The van der Waals surface area contributed by atoms with Gasteiger partial charge in [0, 0.05) is 12.6 Å². The second-order valence-electron chi connectivity index (χ2n) is 6.02. The van der Waals surface area contributed by atoms with Crippen LogP contribution >= 0.6 is 0 Å². The molecule has 3 nitrogen and oxygen atoms in total. The van der Waals surface area contributed by atoms with E-state index >= 15 is 0 Å². The van der Waals surface area contributed by atoms with Gasteiger partial charge in [-0.3, -0.25) is 0 Å². The molecular formula is C16H25NO2. The smallest absolute Gasteiger partial charge is 0.0707 e. The average molecular weight is 263 g/mol. The monoisotopic (exact) mass is 263 g/mol. The molecule has 1 fully saturated rings. The zero-order chi connectivity index (χ0) is 13.7. The minimum atomic E-state index is 0.0144. The maximum atomic E-state index is 9.46. The number of aliphatic hydroxyl groups excluding tert-OH is 1. The highest BCUT2D eigenvalue weighted by Crippen LogP contribution is 2.28. The highest BCUT2D eigenvalue weighted by Gasteiger charge is 2.31. The molecule has 1 aromatic rings. The Morgan fingerprint density at radius 3 is 2.68 bits per heavy atom. The van der Waals surface area contributed by atoms with Crippen molar-refractivity contribution in [3.8, 4) is 0 Å². The van der Waals surface area contributed by atoms with Crippen molar-refractivity contribution < 1.29 is 9.84 Å². The van der Waals surface area contributed by atoms with Crippen LogP contribution in [0.5, 0.6) is 0 Å². The summed E-state index contributed by atoms with van der Waals surface area (Å²) in [6.45, 7) is 5.26. The molecule has 2 atom stereocenters. The van der Waals surface area contributed by atoms with E-state index in [4.69, 9.17) is 4.74 Å². The fraction of sp³-hybridized carbons (Fsp3) is 0.625. The van der Waals surface area contributed by atoms with E-state index in [1.807, 2.05) is 18.2 Å². The molecule has 2 unspecified atom stereocenters. The van der Waals surface area contributed by atoms with Gasteiger partial charge >= 0.3 is 0 Å². The molecule has 1 aliphatic rings. The van der Waals surface area contributed by atoms with E-state index in [2.05, 4.69) is 31.3 Å². The fourth-order valence-corrected chi connectivity index (χ4v) is 2.62. The summed E-state index contributed by atoms with van der Waals surface area (Å²) in [7, 11) is 0. The van der Waals surface area contributed by atoms with E-state index in [1.165, 1.54) is 5.56 Å². The molecule has 0 bridgehead atoms. The Hall–Kier alpha value is -0.900. The molecule has 1 saturated heterocycles. The van der Waals surface area contributed by atoms with Crippen molar-refractivity contribution in [1.29, 1.82) is 0 Å². The van der Waals surface area contributed by atoms with Gasteiger partial charge in [0.05, 0.1) is 18.3 Å². The lowest BCUT2D eigenvalue weighted by Crippen LogP contribution is -2.40. The van der Waals surface area contributed by atoms with Crippen molar-refractivity contribution in [3.05, 3.63) is 35.9 Å². The van der Waals surface area contributed by atoms with Crippen LogP contribution in [0.4, 0.5) is 0 Å². The maximum Gasteiger partial charge on any atom is 0.0707 e. The van der Waals surface area contributed by atoms with Gasteiger partial charge in [-0.1, -0.05) is 30.3 Å². The second-order valence-corrected chi connectivity index (χ2v) is 6.02. The molecule has 1 heterocycles. The van der Waals surface area contributed by atoms with E-state index < -0.39 is 0 Å². The largest absolute Gasteiger partial charge is 0.395 e. The Kier molecular flexibility index (Phi) is 4.97. The molecule has 0 saturated carbocycles. The van der Waals surface area contributed by atoms with Crippen LogP contribution in [0.15, 0.2) is 30.3 Å². The van der Waals surface area contributed by atoms with Crippen LogP contribution in [0.3, 0.4) is 0 Å². The van der Waals surface area contributed by atoms with Gasteiger partial charge < -0.3 is 15.2 Å². The molecule has 0 amide bonds. The molecule has 2 rings (SSSR count). The lowest BCUT2D eigenvalue weighted by molar-refractivity contribution is -0.0157. The van der Waals surface area contributed by atoms with Crippen molar-refractivity contribution >= 4 is 0 Å². The fourth-order valence-electron chi connectivity index (χ4n) is 2.62. The van der Waals surface area contributed by atoms with Crippen molar-refractivity contribution in [2.24, 2.45) is 0 Å². The number of benzene rings is 1. The van der Waals surface area contributed by atoms with E-state index in [-0.39, 0.29) is 24.4 Å². The molecule has 0 aromatic heterocycles. The van der Waals surface area contributed by atoms with Gasteiger partial charge in [0.25, 0.3) is 0 Å². The van der Waals surface area contributed by atoms with Gasteiger partial charge in [-0.2, -0.15) is 0 Å². The number of nitrogens with one attached hydrogen (secondary N) is 1. The Labute approximate surface area is 116 Å². The van der Waals surface area contributed by atoms with Crippen LogP contribution in [0.25, 0.3) is 0 Å². The zero-order valence-electron chi connectivity index (χ0n) is 11.9. The third-order valence-corrected chi connectivity index (χ3v) is 3.73. The summed E-state index contributed by atoms with van der Waals surface area (Å²) in [5.41, 5.74) is 1.27. The van der Waals surface area contributed by atoms with Crippen LogP contribution in [0, 0.1) is 0 Å². The van der Waals surface area contributed by atoms with Crippen molar-refractivity contribution in [2.75, 3.05) is 13.2 Å². The van der Waals surface area contributed by atoms with Gasteiger partial charge in [-0.25, -0.2) is 0 Å². The molecule has 1 aliphatic heterocycles. The average Bonchev–Trinajstić information content (AvgIpc) is 2.75. The summed E-state index contributed by atoms with van der Waals surface area (Å²) >= 11 is 0. The van der Waals surface area contributed by atoms with Crippen molar-refractivity contribution in [1.82, 2.24) is 5.32 Å². The first-order valence-corrected chi connectivity index (χ1v) is 7.15. The number of rotatable bonds is 6. The standard InChI is InChI=1S/C16H25NO2/c1-16(2)9-8-15(19-16)11-17-14(12-18)10-13-6-4-3-5-7-13/h3-7,14-15,17-18H,8-12H2,1-2H3. The number of hydrogen-bond donors (Lipinski definition) is 2. The summed E-state index contributed by atoms with van der Waals surface area (Å²) in [4.78, 5) is 0. The molecular weight excluding hydrogens is 238 g/mol. The summed E-state index contributed by atoms with van der Waals surface area (Å²) in [5.74, 6) is 0. The topological polar surface area (TPSA) is 41.5 Å². The molecule has 0 aliphatic carbocycles. The normalized spacial score (nSPS) is 23.4. The lowest BCUT2D eigenvalue weighted by Gasteiger charge is -2.22. The lowest BCUT2D eigenvalue weighted by atomic mass is 10.0. The zero-order valence-corrected chi connectivity index (χ0v) is 11.9. The van der Waals surface area contributed by atoms with Gasteiger partial charge in [-0.05, 0) is 38.7 Å². The quantitative estimate of drug-likeness (QED) is 0.826. The van der Waals surface area contributed by atoms with Crippen molar-refractivity contribution in [2.45, 2.75) is 50.9 Å². The van der Waals surface area contributed by atoms with E-state index in [0.717, 1.165) is 25.8 Å². The van der Waals surface area contributed by atoms with Gasteiger partial charge in [0.15, 0.2) is 0 Å². The first-order chi connectivity index (χ1) is 9.09. The number of aliphatic hydroxyl groups is 1. The van der Waals surface area contributed by atoms with E-state index in [1.54, 1.807) is 0 Å². The number of ether oxygens (including phenoxy) is 1. The Balaban J connectivity index is 1.77. The van der Waals surface area contributed by atoms with Crippen LogP contribution in [-0.2, 0) is 11.2 Å². The summed E-state index contributed by atoms with van der Waals surface area (Å²) in [6.07, 6.45) is 3.35. The van der Waals surface area contributed by atoms with Crippen LogP contribution in [0.1, 0.15) is 32.3 Å². The summed E-state index contributed by atoms with van der Waals surface area (Å²) in [6, 6.07) is 10.4. The van der Waals surface area contributed by atoms with Crippen LogP contribution < -0.4 is 5.32 Å². The van der Waals surface area contributed by atoms with Crippen LogP contribution in [-0.4, -0.2) is 36.0 Å². The summed E-state index contributed by atoms with van der Waals surface area (Å²) < 4.78 is 5.95. The molecule has 0 spiro atoms. The first kappa shape index (κ1) is 14.5. The Bertz CT molecular complexity index is 378. The molecule has 3 heteroatoms. The molecule has 2 N–H and O–H groups in total. The maximum absolute atomic E-state index is 9.46. The van der Waals surface area contributed by atoms with Crippen LogP contribution in [0.2, 0.25) is 0 Å². The first-order valence-electron chi connectivity index (χ1n) is 7.15. The Morgan fingerprint density at radius 1 is 1.37 bits per heavy atom. The predicted molar refractivity (Wildman–Crippen MR) is 77.2 cm³/mol. The molecule has 19 heavy (non-hydrogen) atoms. The van der Waals surface area contributed by atoms with Gasteiger partial charge in [-0.15, -0.1) is 0 Å². The van der Waals surface area contributed by atoms with E-state index in [9.17, 15) is 5.11 Å². The number of hydrogen-bond acceptors (Lipinski definition) is 3. The predicted octanol–water partition coefficient (Wildman–Crippen LogP) is 2.14.